The number of ether oxygens (including phenoxy) is 2. The van der Waals surface area contributed by atoms with Gasteiger partial charge in [0.05, 0.1) is 12.7 Å². The number of aliphatic hydroxyl groups is 1. The Kier molecular flexibility index (Phi) is 5.26. The minimum Gasteiger partial charge on any atom is -0.444 e. The average molecular weight is 323 g/mol. The number of fused-ring (bicyclic) bond motifs is 1. The van der Waals surface area contributed by atoms with Gasteiger partial charge < -0.3 is 14.6 Å². The maximum Gasteiger partial charge on any atom is 0.411 e. The molecule has 1 fully saturated rings. The Morgan fingerprint density at radius 1 is 1.52 bits per heavy atom. The molecule has 0 bridgehead atoms. The number of ketones is 1. The van der Waals surface area contributed by atoms with E-state index in [1.807, 2.05) is 6.08 Å². The summed E-state index contributed by atoms with van der Waals surface area (Å²) in [5.41, 5.74) is 0.389. The minimum atomic E-state index is -0.808. The van der Waals surface area contributed by atoms with Gasteiger partial charge in [-0.15, -0.1) is 0 Å². The monoisotopic (exact) mass is 323 g/mol. The molecule has 2 rings (SSSR count). The summed E-state index contributed by atoms with van der Waals surface area (Å²) in [6.45, 7) is 9.20. The van der Waals surface area contributed by atoms with Gasteiger partial charge in [-0.3, -0.25) is 9.69 Å². The van der Waals surface area contributed by atoms with Gasteiger partial charge in [-0.25, -0.2) is 4.79 Å². The van der Waals surface area contributed by atoms with E-state index in [0.717, 1.165) is 5.57 Å². The summed E-state index contributed by atoms with van der Waals surface area (Å²) in [5.74, 6) is -0.444. The second-order valence-corrected chi connectivity index (χ2v) is 6.95. The molecule has 3 atom stereocenters. The van der Waals surface area contributed by atoms with Crippen LogP contribution < -0.4 is 0 Å². The summed E-state index contributed by atoms with van der Waals surface area (Å²) in [4.78, 5) is 26.0. The molecule has 0 aromatic heterocycles. The first-order valence-corrected chi connectivity index (χ1v) is 7.83. The zero-order valence-corrected chi connectivity index (χ0v) is 13.9. The van der Waals surface area contributed by atoms with Crippen LogP contribution in [0.4, 0.5) is 4.79 Å². The Morgan fingerprint density at radius 2 is 2.22 bits per heavy atom. The van der Waals surface area contributed by atoms with Crippen molar-refractivity contribution in [2.24, 2.45) is 5.92 Å². The van der Waals surface area contributed by atoms with Crippen molar-refractivity contribution < 1.29 is 24.2 Å². The molecule has 2 aliphatic rings. The highest BCUT2D eigenvalue weighted by Crippen LogP contribution is 2.34. The highest BCUT2D eigenvalue weighted by Gasteiger charge is 2.49. The highest BCUT2D eigenvalue weighted by atomic mass is 16.6. The van der Waals surface area contributed by atoms with Crippen LogP contribution in [-0.2, 0) is 14.3 Å². The van der Waals surface area contributed by atoms with Crippen LogP contribution in [0.25, 0.3) is 0 Å². The molecule has 2 aliphatic heterocycles. The molecule has 1 amide bonds. The van der Waals surface area contributed by atoms with Gasteiger partial charge in [-0.1, -0.05) is 18.7 Å². The van der Waals surface area contributed by atoms with Crippen molar-refractivity contribution in [3.8, 4) is 0 Å². The predicted octanol–water partition coefficient (Wildman–Crippen LogP) is 1.68. The summed E-state index contributed by atoms with van der Waals surface area (Å²) >= 11 is 0. The molecule has 1 N–H and O–H groups in total. The molecule has 128 valence electrons. The van der Waals surface area contributed by atoms with Gasteiger partial charge in [0.15, 0.2) is 5.78 Å². The molecule has 0 aromatic carbocycles. The van der Waals surface area contributed by atoms with Crippen molar-refractivity contribution in [2.45, 2.75) is 44.9 Å². The third-order valence-electron chi connectivity index (χ3n) is 4.05. The third kappa shape index (κ3) is 4.00. The van der Waals surface area contributed by atoms with Crippen LogP contribution in [0.2, 0.25) is 0 Å². The lowest BCUT2D eigenvalue weighted by atomic mass is 9.93. The number of aliphatic hydroxyl groups excluding tert-OH is 1. The van der Waals surface area contributed by atoms with E-state index in [0.29, 0.717) is 19.6 Å². The fourth-order valence-corrected chi connectivity index (χ4v) is 3.09. The van der Waals surface area contributed by atoms with E-state index in [2.05, 4.69) is 6.58 Å². The summed E-state index contributed by atoms with van der Waals surface area (Å²) < 4.78 is 11.2. The zero-order valence-electron chi connectivity index (χ0n) is 13.9. The first-order chi connectivity index (χ1) is 10.8. The van der Waals surface area contributed by atoms with Crippen LogP contribution in [0.5, 0.6) is 0 Å². The topological polar surface area (TPSA) is 76.1 Å². The molecule has 0 aliphatic carbocycles. The van der Waals surface area contributed by atoms with E-state index in [4.69, 9.17) is 9.47 Å². The van der Waals surface area contributed by atoms with Crippen molar-refractivity contribution in [1.29, 1.82) is 0 Å². The number of likely N-dealkylation sites (tertiary alicyclic amines) is 1. The number of Topliss-reactive ketones (excluding diaryl/α,β-unsaturated/α-hetero) is 1. The van der Waals surface area contributed by atoms with E-state index in [9.17, 15) is 14.7 Å². The van der Waals surface area contributed by atoms with Crippen LogP contribution in [-0.4, -0.2) is 59.4 Å². The molecule has 0 unspecified atom stereocenters. The first-order valence-electron chi connectivity index (χ1n) is 7.83. The van der Waals surface area contributed by atoms with Crippen LogP contribution in [0.3, 0.4) is 0 Å². The second-order valence-electron chi connectivity index (χ2n) is 6.95. The van der Waals surface area contributed by atoms with Gasteiger partial charge in [0, 0.05) is 12.5 Å². The molecule has 0 spiro atoms. The molecular formula is C17H25NO5. The Balaban J connectivity index is 2.24. The number of carbonyl (C=O) groups is 2. The van der Waals surface area contributed by atoms with E-state index >= 15 is 0 Å². The molecule has 0 aromatic rings. The second kappa shape index (κ2) is 6.84. The number of nitrogens with zero attached hydrogens (tertiary/aromatic N) is 1. The van der Waals surface area contributed by atoms with Crippen molar-refractivity contribution in [2.75, 3.05) is 19.8 Å². The Labute approximate surface area is 136 Å². The van der Waals surface area contributed by atoms with Crippen LogP contribution in [0, 0.1) is 5.92 Å². The first kappa shape index (κ1) is 17.7. The molecule has 1 saturated heterocycles. The normalized spacial score (nSPS) is 27.7. The van der Waals surface area contributed by atoms with Gasteiger partial charge in [0.25, 0.3) is 0 Å². The number of hydrogen-bond donors (Lipinski definition) is 1. The SMILES string of the molecule is C=CC1=CCO[C@@H]2[C@@H](C1)CN(C(=O)OC(C)(C)C)[C@@H]2C(=O)CO. The van der Waals surface area contributed by atoms with Gasteiger partial charge >= 0.3 is 6.09 Å². The fourth-order valence-electron chi connectivity index (χ4n) is 3.09. The maximum absolute atomic E-state index is 12.5. The summed E-state index contributed by atoms with van der Waals surface area (Å²) in [5, 5.41) is 9.27. The van der Waals surface area contributed by atoms with Crippen LogP contribution >= 0.6 is 0 Å². The highest BCUT2D eigenvalue weighted by molar-refractivity contribution is 5.89. The number of hydrogen-bond acceptors (Lipinski definition) is 5. The van der Waals surface area contributed by atoms with Crippen molar-refractivity contribution in [3.63, 3.8) is 0 Å². The molecular weight excluding hydrogens is 298 g/mol. The molecule has 0 radical (unpaired) electrons. The van der Waals surface area contributed by atoms with Gasteiger partial charge in [0.2, 0.25) is 0 Å². The molecule has 23 heavy (non-hydrogen) atoms. The van der Waals surface area contributed by atoms with Crippen molar-refractivity contribution >= 4 is 11.9 Å². The van der Waals surface area contributed by atoms with Crippen LogP contribution in [0.15, 0.2) is 24.3 Å². The van der Waals surface area contributed by atoms with Gasteiger partial charge in [-0.2, -0.15) is 0 Å². The van der Waals surface area contributed by atoms with E-state index in [-0.39, 0.29) is 5.92 Å². The minimum absolute atomic E-state index is 0.0187. The van der Waals surface area contributed by atoms with Crippen molar-refractivity contribution in [3.05, 3.63) is 24.3 Å². The largest absolute Gasteiger partial charge is 0.444 e. The molecule has 0 saturated carbocycles. The van der Waals surface area contributed by atoms with E-state index in [1.165, 1.54) is 4.90 Å². The summed E-state index contributed by atoms with van der Waals surface area (Å²) in [7, 11) is 0. The Bertz CT molecular complexity index is 520. The lowest BCUT2D eigenvalue weighted by Crippen LogP contribution is -2.48. The molecule has 6 heteroatoms. The quantitative estimate of drug-likeness (QED) is 0.855. The predicted molar refractivity (Wildman–Crippen MR) is 84.9 cm³/mol. The number of carbonyl (C=O) groups excluding carboxylic acids is 2. The molecule has 6 nitrogen and oxygen atoms in total. The van der Waals surface area contributed by atoms with Gasteiger partial charge in [0.1, 0.15) is 18.2 Å². The maximum atomic E-state index is 12.5. The van der Waals surface area contributed by atoms with Crippen LogP contribution in [0.1, 0.15) is 27.2 Å². The Hall–Kier alpha value is -1.66. The number of amides is 1. The molecule has 2 heterocycles. The van der Waals surface area contributed by atoms with Gasteiger partial charge in [-0.05, 0) is 32.8 Å². The van der Waals surface area contributed by atoms with E-state index < -0.39 is 36.2 Å². The van der Waals surface area contributed by atoms with Crippen molar-refractivity contribution in [1.82, 2.24) is 4.90 Å². The lowest BCUT2D eigenvalue weighted by molar-refractivity contribution is -0.130. The Morgan fingerprint density at radius 3 is 2.78 bits per heavy atom. The summed E-state index contributed by atoms with van der Waals surface area (Å²) in [6, 6.07) is -0.808. The zero-order chi connectivity index (χ0) is 17.2. The lowest BCUT2D eigenvalue weighted by Gasteiger charge is -2.29. The smallest absolute Gasteiger partial charge is 0.411 e. The summed E-state index contributed by atoms with van der Waals surface area (Å²) in [6.07, 6.45) is 3.40. The van der Waals surface area contributed by atoms with E-state index in [1.54, 1.807) is 26.8 Å². The average Bonchev–Trinajstić information content (AvgIpc) is 2.70. The number of rotatable bonds is 3. The fraction of sp³-hybridized carbons (Fsp3) is 0.647. The third-order valence-corrected chi connectivity index (χ3v) is 4.05. The number of allylic oxidation sites excluding steroid dienone is 2. The standard InChI is InChI=1S/C17H25NO5/c1-5-11-6-7-22-15-12(8-11)9-18(14(15)13(20)10-19)16(21)23-17(2,3)4/h5-6,12,14-15,19H,1,7-10H2,2-4H3/t12-,14+,15+/m0/s1.